The largest absolute Gasteiger partial charge is 0.487 e. The molecule has 1 fully saturated rings. The number of piperidine rings is 1. The third-order valence-corrected chi connectivity index (χ3v) is 3.75. The lowest BCUT2D eigenvalue weighted by atomic mass is 10.1. The van der Waals surface area contributed by atoms with E-state index in [1.807, 2.05) is 20.8 Å². The van der Waals surface area contributed by atoms with Crippen LogP contribution in [0.5, 0.6) is 5.75 Å². The van der Waals surface area contributed by atoms with E-state index in [2.05, 4.69) is 0 Å². The summed E-state index contributed by atoms with van der Waals surface area (Å²) in [5.41, 5.74) is -0.640. The van der Waals surface area contributed by atoms with Gasteiger partial charge in [-0.2, -0.15) is 0 Å². The average Bonchev–Trinajstić information content (AvgIpc) is 2.47. The first-order valence-electron chi connectivity index (χ1n) is 7.74. The van der Waals surface area contributed by atoms with E-state index in [1.165, 1.54) is 18.2 Å². The normalized spacial score (nSPS) is 18.2. The topological polar surface area (TPSA) is 81.9 Å². The first kappa shape index (κ1) is 18.3. The SMILES string of the molecule is CC(C)(C)OC(=O)N1CCC[C@H](Oc2ccc([N+](=O)[O-])cc2Cl)C1. The zero-order valence-corrected chi connectivity index (χ0v) is 14.7. The number of amides is 1. The van der Waals surface area contributed by atoms with Crippen molar-refractivity contribution >= 4 is 23.4 Å². The van der Waals surface area contributed by atoms with E-state index < -0.39 is 10.5 Å². The van der Waals surface area contributed by atoms with Gasteiger partial charge in [0.05, 0.1) is 16.5 Å². The van der Waals surface area contributed by atoms with Gasteiger partial charge in [0.15, 0.2) is 0 Å². The van der Waals surface area contributed by atoms with Crippen LogP contribution in [0.2, 0.25) is 5.02 Å². The van der Waals surface area contributed by atoms with Gasteiger partial charge in [-0.1, -0.05) is 11.6 Å². The lowest BCUT2D eigenvalue weighted by Gasteiger charge is -2.34. The Kier molecular flexibility index (Phi) is 5.54. The smallest absolute Gasteiger partial charge is 0.410 e. The van der Waals surface area contributed by atoms with Gasteiger partial charge in [-0.15, -0.1) is 0 Å². The molecule has 0 spiro atoms. The molecule has 1 aromatic carbocycles. The summed E-state index contributed by atoms with van der Waals surface area (Å²) in [7, 11) is 0. The number of hydrogen-bond acceptors (Lipinski definition) is 5. The minimum absolute atomic E-state index is 0.0913. The summed E-state index contributed by atoms with van der Waals surface area (Å²) in [6, 6.07) is 4.08. The molecule has 0 N–H and O–H groups in total. The Morgan fingerprint density at radius 2 is 2.12 bits per heavy atom. The van der Waals surface area contributed by atoms with Crippen LogP contribution in [0.3, 0.4) is 0 Å². The maximum absolute atomic E-state index is 12.1. The highest BCUT2D eigenvalue weighted by Crippen LogP contribution is 2.30. The van der Waals surface area contributed by atoms with Gasteiger partial charge in [-0.05, 0) is 39.7 Å². The zero-order valence-electron chi connectivity index (χ0n) is 14.0. The van der Waals surface area contributed by atoms with Gasteiger partial charge in [0.2, 0.25) is 0 Å². The second kappa shape index (κ2) is 7.25. The number of carbonyl (C=O) groups excluding carboxylic acids is 1. The Hall–Kier alpha value is -2.02. The monoisotopic (exact) mass is 356 g/mol. The summed E-state index contributed by atoms with van der Waals surface area (Å²) in [5.74, 6) is 0.373. The molecule has 1 aliphatic rings. The number of carbonyl (C=O) groups is 1. The van der Waals surface area contributed by atoms with Gasteiger partial charge in [-0.25, -0.2) is 4.79 Å². The number of nitrogens with zero attached hydrogens (tertiary/aromatic N) is 2. The Balaban J connectivity index is 2.00. The van der Waals surface area contributed by atoms with Crippen molar-refractivity contribution in [3.05, 3.63) is 33.3 Å². The first-order valence-corrected chi connectivity index (χ1v) is 8.12. The Labute approximate surface area is 145 Å². The molecule has 0 aliphatic carbocycles. The number of ether oxygens (including phenoxy) is 2. The summed E-state index contributed by atoms with van der Waals surface area (Å²) < 4.78 is 11.2. The number of benzene rings is 1. The lowest BCUT2D eigenvalue weighted by molar-refractivity contribution is -0.384. The summed E-state index contributed by atoms with van der Waals surface area (Å²) >= 11 is 6.04. The minimum Gasteiger partial charge on any atom is -0.487 e. The molecule has 1 saturated heterocycles. The molecule has 132 valence electrons. The molecule has 1 aromatic rings. The highest BCUT2D eigenvalue weighted by Gasteiger charge is 2.29. The van der Waals surface area contributed by atoms with Crippen LogP contribution >= 0.6 is 11.6 Å². The summed E-state index contributed by atoms with van der Waals surface area (Å²) in [4.78, 5) is 24.0. The van der Waals surface area contributed by atoms with Crippen LogP contribution in [0.1, 0.15) is 33.6 Å². The molecule has 7 nitrogen and oxygen atoms in total. The van der Waals surface area contributed by atoms with Gasteiger partial charge >= 0.3 is 6.09 Å². The Morgan fingerprint density at radius 3 is 2.71 bits per heavy atom. The van der Waals surface area contributed by atoms with Crippen LogP contribution in [-0.2, 0) is 4.74 Å². The molecule has 0 aromatic heterocycles. The molecule has 0 radical (unpaired) electrons. The Bertz CT molecular complexity index is 629. The maximum atomic E-state index is 12.1. The predicted octanol–water partition coefficient (Wildman–Crippen LogP) is 4.03. The molecule has 1 amide bonds. The zero-order chi connectivity index (χ0) is 17.9. The van der Waals surface area contributed by atoms with Crippen molar-refractivity contribution < 1.29 is 19.2 Å². The van der Waals surface area contributed by atoms with Gasteiger partial charge in [0.1, 0.15) is 17.5 Å². The molecule has 8 heteroatoms. The second-order valence-corrected chi connectivity index (χ2v) is 7.09. The van der Waals surface area contributed by atoms with Crippen molar-refractivity contribution in [1.29, 1.82) is 0 Å². The van der Waals surface area contributed by atoms with E-state index >= 15 is 0 Å². The lowest BCUT2D eigenvalue weighted by Crippen LogP contribution is -2.46. The highest BCUT2D eigenvalue weighted by molar-refractivity contribution is 6.32. The van der Waals surface area contributed by atoms with E-state index in [1.54, 1.807) is 4.90 Å². The highest BCUT2D eigenvalue weighted by atomic mass is 35.5. The van der Waals surface area contributed by atoms with E-state index in [0.717, 1.165) is 12.8 Å². The molecular formula is C16H21ClN2O5. The fourth-order valence-corrected chi connectivity index (χ4v) is 2.62. The van der Waals surface area contributed by atoms with Gasteiger partial charge in [0.25, 0.3) is 5.69 Å². The number of non-ortho nitro benzene ring substituents is 1. The van der Waals surface area contributed by atoms with Crippen LogP contribution in [0.4, 0.5) is 10.5 Å². The number of halogens is 1. The van der Waals surface area contributed by atoms with Gasteiger partial charge < -0.3 is 14.4 Å². The molecule has 24 heavy (non-hydrogen) atoms. The molecular weight excluding hydrogens is 336 g/mol. The van der Waals surface area contributed by atoms with Crippen molar-refractivity contribution in [1.82, 2.24) is 4.90 Å². The van der Waals surface area contributed by atoms with E-state index in [-0.39, 0.29) is 22.9 Å². The minimum atomic E-state index is -0.549. The standard InChI is InChI=1S/C16H21ClN2O5/c1-16(2,3)24-15(20)18-8-4-5-12(10-18)23-14-7-6-11(19(21)22)9-13(14)17/h6-7,9,12H,4-5,8,10H2,1-3H3/t12-/m0/s1. The predicted molar refractivity (Wildman–Crippen MR) is 89.6 cm³/mol. The van der Waals surface area contributed by atoms with E-state index in [4.69, 9.17) is 21.1 Å². The van der Waals surface area contributed by atoms with Gasteiger partial charge in [-0.3, -0.25) is 10.1 Å². The van der Waals surface area contributed by atoms with Crippen molar-refractivity contribution in [3.63, 3.8) is 0 Å². The quantitative estimate of drug-likeness (QED) is 0.603. The van der Waals surface area contributed by atoms with E-state index in [9.17, 15) is 14.9 Å². The molecule has 0 unspecified atom stereocenters. The molecule has 1 atom stereocenters. The van der Waals surface area contributed by atoms with Crippen LogP contribution in [-0.4, -0.2) is 40.7 Å². The second-order valence-electron chi connectivity index (χ2n) is 6.68. The first-order chi connectivity index (χ1) is 11.2. The molecule has 1 aliphatic heterocycles. The average molecular weight is 357 g/mol. The van der Waals surface area contributed by atoms with Crippen molar-refractivity contribution in [3.8, 4) is 5.75 Å². The Morgan fingerprint density at radius 1 is 1.42 bits per heavy atom. The molecule has 2 rings (SSSR count). The van der Waals surface area contributed by atoms with Crippen molar-refractivity contribution in [2.45, 2.75) is 45.3 Å². The number of rotatable bonds is 3. The number of nitro benzene ring substituents is 1. The van der Waals surface area contributed by atoms with Crippen LogP contribution in [0.15, 0.2) is 18.2 Å². The molecule has 0 saturated carbocycles. The number of likely N-dealkylation sites (tertiary alicyclic amines) is 1. The number of hydrogen-bond donors (Lipinski definition) is 0. The van der Waals surface area contributed by atoms with Crippen LogP contribution < -0.4 is 4.74 Å². The molecule has 0 bridgehead atoms. The van der Waals surface area contributed by atoms with Crippen molar-refractivity contribution in [2.75, 3.05) is 13.1 Å². The van der Waals surface area contributed by atoms with Crippen LogP contribution in [0.25, 0.3) is 0 Å². The van der Waals surface area contributed by atoms with Crippen molar-refractivity contribution in [2.24, 2.45) is 0 Å². The number of nitro groups is 1. The van der Waals surface area contributed by atoms with E-state index in [0.29, 0.717) is 18.8 Å². The fraction of sp³-hybridized carbons (Fsp3) is 0.562. The van der Waals surface area contributed by atoms with Crippen LogP contribution in [0, 0.1) is 10.1 Å². The molecule has 1 heterocycles. The third-order valence-electron chi connectivity index (χ3n) is 3.45. The van der Waals surface area contributed by atoms with Gasteiger partial charge in [0, 0.05) is 18.7 Å². The fourth-order valence-electron chi connectivity index (χ4n) is 2.41. The maximum Gasteiger partial charge on any atom is 0.410 e. The summed E-state index contributed by atoms with van der Waals surface area (Å²) in [5, 5.41) is 10.9. The third kappa shape index (κ3) is 4.99. The summed E-state index contributed by atoms with van der Waals surface area (Å²) in [6.45, 7) is 6.46. The summed E-state index contributed by atoms with van der Waals surface area (Å²) in [6.07, 6.45) is 0.956.